The molecule has 0 saturated heterocycles. The van der Waals surface area contributed by atoms with E-state index >= 15 is 0 Å². The molecule has 0 fully saturated rings. The Bertz CT molecular complexity index is 271. The van der Waals surface area contributed by atoms with E-state index in [4.69, 9.17) is 16.7 Å². The lowest BCUT2D eigenvalue weighted by Crippen LogP contribution is -1.96. The molecule has 0 atom stereocenters. The number of aromatic nitrogens is 1. The van der Waals surface area contributed by atoms with Crippen LogP contribution in [0, 0.1) is 6.92 Å². The number of carboxylic acids is 1. The summed E-state index contributed by atoms with van der Waals surface area (Å²) in [5, 5.41) is 8.69. The number of rotatable bonds is 1. The van der Waals surface area contributed by atoms with E-state index in [2.05, 4.69) is 4.37 Å². The van der Waals surface area contributed by atoms with E-state index in [0.717, 1.165) is 16.4 Å². The van der Waals surface area contributed by atoms with Gasteiger partial charge in [0.1, 0.15) is 0 Å². The van der Waals surface area contributed by atoms with Gasteiger partial charge in [-0.1, -0.05) is 11.6 Å². The van der Waals surface area contributed by atoms with Crippen LogP contribution >= 0.6 is 23.1 Å². The predicted octanol–water partition coefficient (Wildman–Crippen LogP) is 1.80. The molecular formula is C5H4ClNO2S. The first kappa shape index (κ1) is 7.50. The van der Waals surface area contributed by atoms with Crippen molar-refractivity contribution < 1.29 is 9.90 Å². The lowest BCUT2D eigenvalue weighted by atomic mass is 10.4. The molecule has 0 amide bonds. The molecule has 0 unspecified atom stereocenters. The highest BCUT2D eigenvalue weighted by atomic mass is 35.5. The molecule has 1 aromatic heterocycles. The van der Waals surface area contributed by atoms with E-state index in [1.807, 2.05) is 0 Å². The second-order valence-corrected chi connectivity index (χ2v) is 3.06. The summed E-state index contributed by atoms with van der Waals surface area (Å²) in [7, 11) is 0. The van der Waals surface area contributed by atoms with Crippen molar-refractivity contribution in [2.45, 2.75) is 6.92 Å². The quantitative estimate of drug-likeness (QED) is 0.712. The van der Waals surface area contributed by atoms with Gasteiger partial charge in [-0.15, -0.1) is 0 Å². The Morgan fingerprint density at radius 1 is 1.80 bits per heavy atom. The van der Waals surface area contributed by atoms with Gasteiger partial charge in [-0.25, -0.2) is 4.79 Å². The summed E-state index contributed by atoms with van der Waals surface area (Å²) in [6.45, 7) is 1.73. The molecule has 54 valence electrons. The third-order valence-electron chi connectivity index (χ3n) is 0.993. The van der Waals surface area contributed by atoms with Crippen LogP contribution in [0.4, 0.5) is 0 Å². The maximum absolute atomic E-state index is 10.3. The van der Waals surface area contributed by atoms with Gasteiger partial charge in [-0.05, 0) is 18.5 Å². The van der Waals surface area contributed by atoms with Crippen LogP contribution in [-0.4, -0.2) is 15.4 Å². The predicted molar refractivity (Wildman–Crippen MR) is 38.8 cm³/mol. The summed E-state index contributed by atoms with van der Waals surface area (Å²) in [5.74, 6) is -1.07. The second-order valence-electron chi connectivity index (χ2n) is 1.71. The maximum Gasteiger partial charge on any atom is 0.357 e. The second kappa shape index (κ2) is 2.56. The van der Waals surface area contributed by atoms with Gasteiger partial charge >= 0.3 is 5.97 Å². The number of halogens is 1. The number of hydrogen-bond acceptors (Lipinski definition) is 3. The molecule has 0 saturated carbocycles. The van der Waals surface area contributed by atoms with Crippen LogP contribution in [0.2, 0.25) is 5.02 Å². The number of hydrogen-bond donors (Lipinski definition) is 1. The van der Waals surface area contributed by atoms with E-state index in [1.54, 1.807) is 6.92 Å². The van der Waals surface area contributed by atoms with Gasteiger partial charge in [0, 0.05) is 4.88 Å². The van der Waals surface area contributed by atoms with Crippen LogP contribution in [0.25, 0.3) is 0 Å². The largest absolute Gasteiger partial charge is 0.476 e. The van der Waals surface area contributed by atoms with E-state index in [9.17, 15) is 4.79 Å². The lowest BCUT2D eigenvalue weighted by Gasteiger charge is -1.85. The summed E-state index contributed by atoms with van der Waals surface area (Å²) in [6.07, 6.45) is 0. The molecule has 0 aliphatic rings. The normalized spacial score (nSPS) is 9.80. The monoisotopic (exact) mass is 177 g/mol. The third kappa shape index (κ3) is 1.12. The molecule has 1 N–H and O–H groups in total. The Morgan fingerprint density at radius 2 is 2.40 bits per heavy atom. The number of carbonyl (C=O) groups is 1. The van der Waals surface area contributed by atoms with Crippen molar-refractivity contribution in [2.24, 2.45) is 0 Å². The van der Waals surface area contributed by atoms with Crippen molar-refractivity contribution in [1.29, 1.82) is 0 Å². The highest BCUT2D eigenvalue weighted by molar-refractivity contribution is 7.06. The molecule has 0 spiro atoms. The number of aromatic carboxylic acids is 1. The SMILES string of the molecule is Cc1snc(C(=O)O)c1Cl. The number of nitrogens with zero attached hydrogens (tertiary/aromatic N) is 1. The van der Waals surface area contributed by atoms with Gasteiger partial charge in [0.05, 0.1) is 5.02 Å². The summed E-state index contributed by atoms with van der Waals surface area (Å²) in [6, 6.07) is 0. The van der Waals surface area contributed by atoms with Crippen LogP contribution in [0.15, 0.2) is 0 Å². The zero-order valence-electron chi connectivity index (χ0n) is 5.09. The van der Waals surface area contributed by atoms with Gasteiger partial charge < -0.3 is 5.11 Å². The first-order chi connectivity index (χ1) is 4.63. The summed E-state index contributed by atoms with van der Waals surface area (Å²) < 4.78 is 3.62. The van der Waals surface area contributed by atoms with Gasteiger partial charge in [-0.2, -0.15) is 4.37 Å². The molecule has 0 aromatic carbocycles. The molecule has 1 aromatic rings. The minimum Gasteiger partial charge on any atom is -0.476 e. The minimum absolute atomic E-state index is 0.0517. The van der Waals surface area contributed by atoms with Crippen molar-refractivity contribution in [1.82, 2.24) is 4.37 Å². The van der Waals surface area contributed by atoms with E-state index in [1.165, 1.54) is 0 Å². The lowest BCUT2D eigenvalue weighted by molar-refractivity contribution is 0.0692. The van der Waals surface area contributed by atoms with Crippen LogP contribution in [0.5, 0.6) is 0 Å². The molecule has 10 heavy (non-hydrogen) atoms. The molecule has 3 nitrogen and oxygen atoms in total. The Labute approximate surface area is 66.4 Å². The highest BCUT2D eigenvalue weighted by Gasteiger charge is 2.13. The number of aryl methyl sites for hydroxylation is 1. The zero-order valence-corrected chi connectivity index (χ0v) is 6.66. The fraction of sp³-hybridized carbons (Fsp3) is 0.200. The standard InChI is InChI=1S/C5H4ClNO2S/c1-2-3(6)4(5(8)9)7-10-2/h1H3,(H,8,9). The van der Waals surface area contributed by atoms with Gasteiger partial charge in [0.2, 0.25) is 0 Å². The molecular weight excluding hydrogens is 174 g/mol. The van der Waals surface area contributed by atoms with E-state index < -0.39 is 5.97 Å². The first-order valence-corrected chi connectivity index (χ1v) is 3.63. The fourth-order valence-corrected chi connectivity index (χ4v) is 1.35. The van der Waals surface area contributed by atoms with Crippen LogP contribution in [-0.2, 0) is 0 Å². The average molecular weight is 178 g/mol. The Hall–Kier alpha value is -0.610. The summed E-state index contributed by atoms with van der Waals surface area (Å²) in [5.41, 5.74) is -0.0517. The zero-order chi connectivity index (χ0) is 7.72. The van der Waals surface area contributed by atoms with Crippen molar-refractivity contribution in [3.8, 4) is 0 Å². The Kier molecular flexibility index (Phi) is 1.92. The molecule has 1 heterocycles. The summed E-state index contributed by atoms with van der Waals surface area (Å²) in [4.78, 5) is 11.0. The molecule has 0 radical (unpaired) electrons. The van der Waals surface area contributed by atoms with Crippen molar-refractivity contribution in [2.75, 3.05) is 0 Å². The average Bonchev–Trinajstić information content (AvgIpc) is 2.14. The van der Waals surface area contributed by atoms with Crippen LogP contribution < -0.4 is 0 Å². The fourth-order valence-electron chi connectivity index (χ4n) is 0.494. The molecule has 1 rings (SSSR count). The van der Waals surface area contributed by atoms with Crippen molar-refractivity contribution in [3.05, 3.63) is 15.6 Å². The first-order valence-electron chi connectivity index (χ1n) is 2.48. The topological polar surface area (TPSA) is 50.2 Å². The van der Waals surface area contributed by atoms with Crippen molar-refractivity contribution in [3.63, 3.8) is 0 Å². The summed E-state index contributed by atoms with van der Waals surface area (Å²) >= 11 is 6.67. The van der Waals surface area contributed by atoms with E-state index in [-0.39, 0.29) is 10.7 Å². The van der Waals surface area contributed by atoms with Gasteiger partial charge in [-0.3, -0.25) is 0 Å². The van der Waals surface area contributed by atoms with E-state index in [0.29, 0.717) is 0 Å². The smallest absolute Gasteiger partial charge is 0.357 e. The number of carboxylic acid groups (broad SMARTS) is 1. The highest BCUT2D eigenvalue weighted by Crippen LogP contribution is 2.22. The molecule has 0 aliphatic carbocycles. The Morgan fingerprint density at radius 3 is 2.60 bits per heavy atom. The van der Waals surface area contributed by atoms with Gasteiger partial charge in [0.15, 0.2) is 5.69 Å². The molecule has 0 aliphatic heterocycles. The molecule has 5 heteroatoms. The molecule has 0 bridgehead atoms. The van der Waals surface area contributed by atoms with Gasteiger partial charge in [0.25, 0.3) is 0 Å². The van der Waals surface area contributed by atoms with Crippen molar-refractivity contribution >= 4 is 29.1 Å². The van der Waals surface area contributed by atoms with Crippen LogP contribution in [0.3, 0.4) is 0 Å². The maximum atomic E-state index is 10.3. The third-order valence-corrected chi connectivity index (χ3v) is 2.32. The van der Waals surface area contributed by atoms with Crippen LogP contribution in [0.1, 0.15) is 15.4 Å². The minimum atomic E-state index is -1.07. The Balaban J connectivity index is 3.17.